The number of alkyl halides is 10. The van der Waals surface area contributed by atoms with E-state index < -0.39 is 82.6 Å². The van der Waals surface area contributed by atoms with E-state index in [-0.39, 0.29) is 11.1 Å². The molecule has 17 heteroatoms. The minimum absolute atomic E-state index is 0.298. The van der Waals surface area contributed by atoms with Crippen molar-refractivity contribution >= 4 is 11.4 Å². The lowest BCUT2D eigenvalue weighted by molar-refractivity contribution is -0.386. The Kier molecular flexibility index (Phi) is 8.41. The van der Waals surface area contributed by atoms with Crippen molar-refractivity contribution in [1.82, 2.24) is 0 Å². The van der Waals surface area contributed by atoms with E-state index >= 15 is 0 Å². The van der Waals surface area contributed by atoms with Gasteiger partial charge in [-0.3, -0.25) is 20.2 Å². The first-order valence-corrected chi connectivity index (χ1v) is 9.74. The molecule has 0 unspecified atom stereocenters. The highest BCUT2D eigenvalue weighted by atomic mass is 19.4. The van der Waals surface area contributed by atoms with Gasteiger partial charge in [0.2, 0.25) is 0 Å². The van der Waals surface area contributed by atoms with Gasteiger partial charge in [0.25, 0.3) is 11.4 Å². The summed E-state index contributed by atoms with van der Waals surface area (Å²) in [6.45, 7) is -1.37. The maximum Gasteiger partial charge on any atom is 0.453 e. The molecule has 0 amide bonds. The zero-order valence-electron chi connectivity index (χ0n) is 18.0. The van der Waals surface area contributed by atoms with Gasteiger partial charge in [0.1, 0.15) is 0 Å². The van der Waals surface area contributed by atoms with Gasteiger partial charge < -0.3 is 4.74 Å². The van der Waals surface area contributed by atoms with Crippen LogP contribution in [0.4, 0.5) is 55.3 Å². The molecule has 0 fully saturated rings. The fourth-order valence-electron chi connectivity index (χ4n) is 3.01. The Hall–Kier alpha value is -3.50. The number of nitro groups is 2. The van der Waals surface area contributed by atoms with Crippen LogP contribution in [0.15, 0.2) is 36.4 Å². The van der Waals surface area contributed by atoms with Gasteiger partial charge in [0, 0.05) is 25.0 Å². The third kappa shape index (κ3) is 7.27. The summed E-state index contributed by atoms with van der Waals surface area (Å²) in [5, 5.41) is 22.5. The molecule has 0 heterocycles. The Morgan fingerprint density at radius 2 is 0.946 bits per heavy atom. The maximum absolute atomic E-state index is 13.2. The van der Waals surface area contributed by atoms with Gasteiger partial charge >= 0.3 is 24.2 Å². The molecule has 0 N–H and O–H groups in total. The highest BCUT2D eigenvalue weighted by Crippen LogP contribution is 2.40. The minimum Gasteiger partial charge on any atom is -0.372 e. The second-order valence-corrected chi connectivity index (χ2v) is 7.69. The van der Waals surface area contributed by atoms with Gasteiger partial charge in [-0.1, -0.05) is 12.1 Å². The van der Waals surface area contributed by atoms with Crippen molar-refractivity contribution in [1.29, 1.82) is 0 Å². The van der Waals surface area contributed by atoms with Crippen LogP contribution in [-0.4, -0.2) is 34.0 Å². The van der Waals surface area contributed by atoms with Crippen LogP contribution in [0.1, 0.15) is 22.3 Å². The van der Waals surface area contributed by atoms with E-state index in [1.165, 1.54) is 0 Å². The van der Waals surface area contributed by atoms with Crippen molar-refractivity contribution in [2.24, 2.45) is 0 Å². The SMILES string of the molecule is O=[N+]([O-])c1cc(CC(F)(F)C(F)(F)F)ccc1COCc1ccc(CC(F)(F)C(F)(F)F)cc1[N+](=O)[O-]. The molecule has 2 aromatic rings. The summed E-state index contributed by atoms with van der Waals surface area (Å²) in [4.78, 5) is 20.3. The number of hydrogen-bond donors (Lipinski definition) is 0. The van der Waals surface area contributed by atoms with Crippen LogP contribution in [0, 0.1) is 20.2 Å². The average Bonchev–Trinajstić information content (AvgIpc) is 2.73. The standard InChI is InChI=1S/C20H14F10N2O5/c21-17(22,19(25,26)27)7-11-1-3-13(15(5-11)31(33)34)9-37-10-14-4-2-12(6-16(14)32(35)36)8-18(23,24)20(28,29)30/h1-6H,7-10H2. The molecule has 0 atom stereocenters. The first-order chi connectivity index (χ1) is 16.7. The molecule has 2 rings (SSSR count). The first kappa shape index (κ1) is 29.7. The summed E-state index contributed by atoms with van der Waals surface area (Å²) >= 11 is 0. The number of ether oxygens (including phenoxy) is 1. The lowest BCUT2D eigenvalue weighted by atomic mass is 10.0. The number of halogens is 10. The lowest BCUT2D eigenvalue weighted by Crippen LogP contribution is -2.38. The quantitative estimate of drug-likeness (QED) is 0.186. The molecule has 0 saturated heterocycles. The third-order valence-electron chi connectivity index (χ3n) is 4.89. The number of rotatable bonds is 10. The monoisotopic (exact) mass is 552 g/mol. The predicted octanol–water partition coefficient (Wildman–Crippen LogP) is 6.70. The molecule has 0 aromatic heterocycles. The molecule has 7 nitrogen and oxygen atoms in total. The molecular formula is C20H14F10N2O5. The average molecular weight is 552 g/mol. The molecule has 0 bridgehead atoms. The van der Waals surface area contributed by atoms with Gasteiger partial charge in [-0.05, 0) is 23.3 Å². The molecule has 0 aliphatic heterocycles. The van der Waals surface area contributed by atoms with Crippen molar-refractivity contribution in [3.8, 4) is 0 Å². The molecule has 0 aliphatic carbocycles. The molecule has 37 heavy (non-hydrogen) atoms. The van der Waals surface area contributed by atoms with Crippen LogP contribution in [0.25, 0.3) is 0 Å². The first-order valence-electron chi connectivity index (χ1n) is 9.74. The predicted molar refractivity (Wildman–Crippen MR) is 104 cm³/mol. The smallest absolute Gasteiger partial charge is 0.372 e. The summed E-state index contributed by atoms with van der Waals surface area (Å²) in [6, 6.07) is 4.19. The Bertz CT molecular complexity index is 1080. The molecule has 2 aromatic carbocycles. The summed E-state index contributed by atoms with van der Waals surface area (Å²) in [6.07, 6.45) is -15.5. The topological polar surface area (TPSA) is 95.5 Å². The van der Waals surface area contributed by atoms with E-state index in [1.54, 1.807) is 0 Å². The van der Waals surface area contributed by atoms with Gasteiger partial charge in [0.05, 0.1) is 34.2 Å². The highest BCUT2D eigenvalue weighted by molar-refractivity contribution is 5.45. The van der Waals surface area contributed by atoms with Crippen LogP contribution < -0.4 is 0 Å². The molecule has 0 spiro atoms. The Balaban J connectivity index is 2.20. The van der Waals surface area contributed by atoms with Crippen LogP contribution in [0.3, 0.4) is 0 Å². The Morgan fingerprint density at radius 3 is 1.22 bits per heavy atom. The Morgan fingerprint density at radius 1 is 0.622 bits per heavy atom. The lowest BCUT2D eigenvalue weighted by Gasteiger charge is -2.19. The summed E-state index contributed by atoms with van der Waals surface area (Å²) < 4.78 is 132. The van der Waals surface area contributed by atoms with E-state index in [4.69, 9.17) is 4.74 Å². The normalized spacial score (nSPS) is 13.0. The zero-order valence-corrected chi connectivity index (χ0v) is 18.0. The fraction of sp³-hybridized carbons (Fsp3) is 0.400. The Labute approximate surface area is 199 Å². The molecule has 0 radical (unpaired) electrons. The minimum atomic E-state index is -5.89. The summed E-state index contributed by atoms with van der Waals surface area (Å²) in [5.41, 5.74) is -3.77. The number of nitro benzene ring substituents is 2. The number of hydrogen-bond acceptors (Lipinski definition) is 5. The van der Waals surface area contributed by atoms with E-state index in [1.807, 2.05) is 0 Å². The van der Waals surface area contributed by atoms with Crippen LogP contribution in [0.2, 0.25) is 0 Å². The molecule has 204 valence electrons. The van der Waals surface area contributed by atoms with Crippen molar-refractivity contribution in [2.45, 2.75) is 50.3 Å². The van der Waals surface area contributed by atoms with Crippen LogP contribution >= 0.6 is 0 Å². The van der Waals surface area contributed by atoms with Gasteiger partial charge in [-0.15, -0.1) is 0 Å². The van der Waals surface area contributed by atoms with Gasteiger partial charge in [0.15, 0.2) is 0 Å². The van der Waals surface area contributed by atoms with Crippen molar-refractivity contribution in [3.63, 3.8) is 0 Å². The van der Waals surface area contributed by atoms with Crippen molar-refractivity contribution < 1.29 is 58.5 Å². The molecule has 0 aliphatic rings. The van der Waals surface area contributed by atoms with Gasteiger partial charge in [-0.25, -0.2) is 0 Å². The fourth-order valence-corrected chi connectivity index (χ4v) is 3.01. The van der Waals surface area contributed by atoms with Crippen LogP contribution in [-0.2, 0) is 30.8 Å². The largest absolute Gasteiger partial charge is 0.453 e. The zero-order chi connectivity index (χ0) is 28.4. The van der Waals surface area contributed by atoms with E-state index in [9.17, 15) is 64.1 Å². The summed E-state index contributed by atoms with van der Waals surface area (Å²) in [7, 11) is 0. The van der Waals surface area contributed by atoms with Crippen LogP contribution in [0.5, 0.6) is 0 Å². The maximum atomic E-state index is 13.2. The van der Waals surface area contributed by atoms with Crippen molar-refractivity contribution in [2.75, 3.05) is 0 Å². The summed E-state index contributed by atoms with van der Waals surface area (Å²) in [5.74, 6) is -10.3. The van der Waals surface area contributed by atoms with E-state index in [0.717, 1.165) is 24.3 Å². The second-order valence-electron chi connectivity index (χ2n) is 7.69. The highest BCUT2D eigenvalue weighted by Gasteiger charge is 2.58. The number of benzene rings is 2. The third-order valence-corrected chi connectivity index (χ3v) is 4.89. The van der Waals surface area contributed by atoms with Crippen molar-refractivity contribution in [3.05, 3.63) is 78.9 Å². The van der Waals surface area contributed by atoms with E-state index in [0.29, 0.717) is 12.1 Å². The number of nitrogens with zero attached hydrogens (tertiary/aromatic N) is 2. The second kappa shape index (κ2) is 10.5. The molecule has 0 saturated carbocycles. The van der Waals surface area contributed by atoms with E-state index in [2.05, 4.69) is 0 Å². The van der Waals surface area contributed by atoms with Gasteiger partial charge in [-0.2, -0.15) is 43.9 Å². The molecular weight excluding hydrogens is 538 g/mol.